The fourth-order valence-electron chi connectivity index (χ4n) is 5.50. The van der Waals surface area contributed by atoms with Crippen molar-refractivity contribution < 1.29 is 19.4 Å². The van der Waals surface area contributed by atoms with Gasteiger partial charge in [-0.1, -0.05) is 19.9 Å². The van der Waals surface area contributed by atoms with Gasteiger partial charge in [-0.2, -0.15) is 0 Å². The lowest BCUT2D eigenvalue weighted by Gasteiger charge is -2.31. The van der Waals surface area contributed by atoms with Gasteiger partial charge in [-0.15, -0.1) is 10.2 Å². The maximum absolute atomic E-state index is 13.4. The SMILES string of the molecule is COc1cc2c(cc1C(=O)Nc1cccc(-c3nnc4n3C(C)(C)CC4)n1)CN(C(=O)[C@@H](O)CC(C)C)CC2. The number of aromatic nitrogens is 4. The molecule has 2 N–H and O–H groups in total. The minimum Gasteiger partial charge on any atom is -0.496 e. The minimum atomic E-state index is -1.02. The molecule has 4 heterocycles. The van der Waals surface area contributed by atoms with Crippen LogP contribution in [-0.2, 0) is 29.7 Å². The van der Waals surface area contributed by atoms with Crippen LogP contribution in [0.25, 0.3) is 11.5 Å². The average molecular weight is 533 g/mol. The molecule has 0 fully saturated rings. The number of hydrogen-bond donors (Lipinski definition) is 2. The van der Waals surface area contributed by atoms with Gasteiger partial charge >= 0.3 is 0 Å². The van der Waals surface area contributed by atoms with Crippen LogP contribution in [0.1, 0.15) is 67.8 Å². The molecule has 0 bridgehead atoms. The predicted molar refractivity (Wildman–Crippen MR) is 146 cm³/mol. The van der Waals surface area contributed by atoms with Gasteiger partial charge in [0.1, 0.15) is 29.2 Å². The van der Waals surface area contributed by atoms with Gasteiger partial charge in [-0.3, -0.25) is 9.59 Å². The van der Waals surface area contributed by atoms with Gasteiger partial charge in [-0.05, 0) is 74.4 Å². The van der Waals surface area contributed by atoms with Crippen LogP contribution >= 0.6 is 0 Å². The Bertz CT molecular complexity index is 1410. The summed E-state index contributed by atoms with van der Waals surface area (Å²) in [6.45, 7) is 9.10. The summed E-state index contributed by atoms with van der Waals surface area (Å²) in [4.78, 5) is 32.6. The maximum Gasteiger partial charge on any atom is 0.260 e. The molecular weight excluding hydrogens is 496 g/mol. The molecule has 206 valence electrons. The molecule has 0 unspecified atom stereocenters. The number of carbonyl (C=O) groups excluding carboxylic acids is 2. The number of rotatable bonds is 7. The number of fused-ring (bicyclic) bond motifs is 2. The molecule has 1 atom stereocenters. The van der Waals surface area contributed by atoms with Gasteiger partial charge in [0.05, 0.1) is 12.7 Å². The lowest BCUT2D eigenvalue weighted by molar-refractivity contribution is -0.141. The quantitative estimate of drug-likeness (QED) is 0.477. The molecule has 2 aliphatic heterocycles. The van der Waals surface area contributed by atoms with Crippen molar-refractivity contribution in [1.82, 2.24) is 24.6 Å². The van der Waals surface area contributed by atoms with E-state index < -0.39 is 6.10 Å². The zero-order chi connectivity index (χ0) is 27.9. The molecule has 0 spiro atoms. The van der Waals surface area contributed by atoms with Crippen molar-refractivity contribution in [3.05, 3.63) is 52.8 Å². The number of carbonyl (C=O) groups is 2. The molecule has 0 saturated heterocycles. The molecule has 2 amide bonds. The van der Waals surface area contributed by atoms with Crippen LogP contribution in [0, 0.1) is 5.92 Å². The second-order valence-electron chi connectivity index (χ2n) is 11.4. The van der Waals surface area contributed by atoms with Crippen LogP contribution in [0.4, 0.5) is 5.82 Å². The first kappa shape index (κ1) is 26.8. The minimum absolute atomic E-state index is 0.105. The first-order valence-electron chi connectivity index (χ1n) is 13.5. The third kappa shape index (κ3) is 5.25. The Kier molecular flexibility index (Phi) is 7.15. The zero-order valence-corrected chi connectivity index (χ0v) is 23.2. The molecule has 3 aromatic rings. The highest BCUT2D eigenvalue weighted by molar-refractivity contribution is 6.06. The second kappa shape index (κ2) is 10.4. The molecule has 10 heteroatoms. The summed E-state index contributed by atoms with van der Waals surface area (Å²) in [6.07, 6.45) is 1.87. The smallest absolute Gasteiger partial charge is 0.260 e. The number of anilines is 1. The number of nitrogens with one attached hydrogen (secondary N) is 1. The maximum atomic E-state index is 13.4. The number of methoxy groups -OCH3 is 1. The number of ether oxygens (including phenoxy) is 1. The molecule has 5 rings (SSSR count). The summed E-state index contributed by atoms with van der Waals surface area (Å²) in [5.74, 6) is 2.03. The highest BCUT2D eigenvalue weighted by Gasteiger charge is 2.34. The number of aryl methyl sites for hydroxylation is 1. The highest BCUT2D eigenvalue weighted by Crippen LogP contribution is 2.35. The van der Waals surface area contributed by atoms with Crippen LogP contribution in [-0.4, -0.2) is 61.3 Å². The van der Waals surface area contributed by atoms with Crippen LogP contribution in [0.5, 0.6) is 5.75 Å². The van der Waals surface area contributed by atoms with Crippen LogP contribution < -0.4 is 10.1 Å². The molecule has 0 saturated carbocycles. The number of aliphatic hydroxyl groups is 1. The monoisotopic (exact) mass is 532 g/mol. The van der Waals surface area contributed by atoms with Crippen molar-refractivity contribution in [1.29, 1.82) is 0 Å². The largest absolute Gasteiger partial charge is 0.496 e. The van der Waals surface area contributed by atoms with Crippen LogP contribution in [0.2, 0.25) is 0 Å². The summed E-state index contributed by atoms with van der Waals surface area (Å²) in [5.41, 5.74) is 2.76. The number of hydrogen-bond acceptors (Lipinski definition) is 7. The van der Waals surface area contributed by atoms with Crippen molar-refractivity contribution in [3.8, 4) is 17.3 Å². The fourth-order valence-corrected chi connectivity index (χ4v) is 5.50. The number of nitrogens with zero attached hydrogens (tertiary/aromatic N) is 5. The summed E-state index contributed by atoms with van der Waals surface area (Å²) in [5, 5.41) is 22.0. The first-order valence-corrected chi connectivity index (χ1v) is 13.5. The van der Waals surface area contributed by atoms with Crippen LogP contribution in [0.3, 0.4) is 0 Å². The van der Waals surface area contributed by atoms with E-state index in [-0.39, 0.29) is 23.3 Å². The third-order valence-electron chi connectivity index (χ3n) is 7.59. The van der Waals surface area contributed by atoms with Gasteiger partial charge < -0.3 is 24.6 Å². The molecule has 0 radical (unpaired) electrons. The van der Waals surface area contributed by atoms with Crippen LogP contribution in [0.15, 0.2) is 30.3 Å². The van der Waals surface area contributed by atoms with Crippen molar-refractivity contribution in [2.45, 2.75) is 71.6 Å². The van der Waals surface area contributed by atoms with Gasteiger partial charge in [0.2, 0.25) is 0 Å². The Morgan fingerprint density at radius 1 is 1.15 bits per heavy atom. The normalized spacial score (nSPS) is 16.5. The zero-order valence-electron chi connectivity index (χ0n) is 23.2. The van der Waals surface area contributed by atoms with Gasteiger partial charge in [0, 0.05) is 25.0 Å². The summed E-state index contributed by atoms with van der Waals surface area (Å²) >= 11 is 0. The van der Waals surface area contributed by atoms with E-state index in [1.807, 2.05) is 32.0 Å². The summed E-state index contributed by atoms with van der Waals surface area (Å²) in [6, 6.07) is 9.06. The van der Waals surface area contributed by atoms with E-state index in [9.17, 15) is 14.7 Å². The fraction of sp³-hybridized carbons (Fsp3) is 0.483. The van der Waals surface area contributed by atoms with E-state index >= 15 is 0 Å². The highest BCUT2D eigenvalue weighted by atomic mass is 16.5. The van der Waals surface area contributed by atoms with Gasteiger partial charge in [0.15, 0.2) is 5.82 Å². The molecule has 1 aromatic carbocycles. The molecule has 39 heavy (non-hydrogen) atoms. The standard InChI is InChI=1S/C29H36N6O4/c1-17(2)13-22(36)28(38)34-12-10-18-15-23(39-5)20(14-19(18)16-34)27(37)31-24-8-6-7-21(30-24)26-33-32-25-9-11-29(3,4)35(25)26/h6-8,14-15,17,22,36H,9-13,16H2,1-5H3,(H,30,31,37)/t22-/m0/s1. The molecule has 10 nitrogen and oxygen atoms in total. The lowest BCUT2D eigenvalue weighted by Crippen LogP contribution is -2.42. The van der Waals surface area contributed by atoms with Crippen molar-refractivity contribution in [3.63, 3.8) is 0 Å². The molecule has 2 aliphatic rings. The Balaban J connectivity index is 1.37. The predicted octanol–water partition coefficient (Wildman–Crippen LogP) is 3.57. The van der Waals surface area contributed by atoms with Crippen molar-refractivity contribution in [2.75, 3.05) is 19.0 Å². The lowest BCUT2D eigenvalue weighted by atomic mass is 9.95. The Hall–Kier alpha value is -3.79. The number of aliphatic hydroxyl groups excluding tert-OH is 1. The molecule has 2 aromatic heterocycles. The van der Waals surface area contributed by atoms with E-state index in [0.29, 0.717) is 54.6 Å². The van der Waals surface area contributed by atoms with Crippen molar-refractivity contribution >= 4 is 17.6 Å². The summed E-state index contributed by atoms with van der Waals surface area (Å²) < 4.78 is 7.68. The topological polar surface area (TPSA) is 122 Å². The van der Waals surface area contributed by atoms with E-state index in [1.165, 1.54) is 7.11 Å². The summed E-state index contributed by atoms with van der Waals surface area (Å²) in [7, 11) is 1.53. The van der Waals surface area contributed by atoms with E-state index in [1.54, 1.807) is 17.0 Å². The van der Waals surface area contributed by atoms with E-state index in [2.05, 4.69) is 38.9 Å². The Labute approximate surface area is 228 Å². The average Bonchev–Trinajstić information content (AvgIpc) is 3.47. The number of amides is 2. The first-order chi connectivity index (χ1) is 18.6. The second-order valence-corrected chi connectivity index (χ2v) is 11.4. The van der Waals surface area contributed by atoms with E-state index in [4.69, 9.17) is 4.74 Å². The number of pyridine rings is 1. The molecular formula is C29H36N6O4. The van der Waals surface area contributed by atoms with Crippen molar-refractivity contribution in [2.24, 2.45) is 5.92 Å². The third-order valence-corrected chi connectivity index (χ3v) is 7.59. The molecule has 0 aliphatic carbocycles. The van der Waals surface area contributed by atoms with E-state index in [0.717, 1.165) is 29.8 Å². The number of benzene rings is 1. The Morgan fingerprint density at radius 2 is 1.95 bits per heavy atom. The van der Waals surface area contributed by atoms with Gasteiger partial charge in [0.25, 0.3) is 11.8 Å². The Morgan fingerprint density at radius 3 is 2.69 bits per heavy atom. The van der Waals surface area contributed by atoms with Gasteiger partial charge in [-0.25, -0.2) is 4.98 Å².